The molecule has 0 aliphatic rings. The van der Waals surface area contributed by atoms with Crippen molar-refractivity contribution in [3.05, 3.63) is 83.6 Å². The van der Waals surface area contributed by atoms with Gasteiger partial charge >= 0.3 is 0 Å². The highest BCUT2D eigenvalue weighted by molar-refractivity contribution is 7.99. The second-order valence-electron chi connectivity index (χ2n) is 7.70. The molecule has 37 heavy (non-hydrogen) atoms. The maximum Gasteiger partial charge on any atom is 0.234 e. The lowest BCUT2D eigenvalue weighted by atomic mass is 10.3. The van der Waals surface area contributed by atoms with E-state index in [1.54, 1.807) is 24.3 Å². The maximum absolute atomic E-state index is 12.6. The zero-order chi connectivity index (χ0) is 26.0. The first-order valence-electron chi connectivity index (χ1n) is 11.8. The lowest BCUT2D eigenvalue weighted by Crippen LogP contribution is -2.14. The van der Waals surface area contributed by atoms with Crippen LogP contribution in [0.1, 0.15) is 19.7 Å². The Morgan fingerprint density at radius 2 is 1.41 bits per heavy atom. The van der Waals surface area contributed by atoms with Crippen LogP contribution in [0.5, 0.6) is 17.2 Å². The Labute approximate surface area is 224 Å². The van der Waals surface area contributed by atoms with Crippen LogP contribution in [0.4, 0.5) is 5.69 Å². The van der Waals surface area contributed by atoms with Gasteiger partial charge in [-0.25, -0.2) is 0 Å². The fourth-order valence-corrected chi connectivity index (χ4v) is 4.31. The number of thioether (sulfide) groups is 1. The van der Waals surface area contributed by atoms with Crippen molar-refractivity contribution in [2.75, 3.05) is 24.3 Å². The van der Waals surface area contributed by atoms with Gasteiger partial charge in [-0.1, -0.05) is 23.4 Å². The number of aromatic nitrogens is 3. The van der Waals surface area contributed by atoms with Gasteiger partial charge in [0.2, 0.25) is 5.91 Å². The summed E-state index contributed by atoms with van der Waals surface area (Å²) in [5.41, 5.74) is 1.52. The predicted molar refractivity (Wildman–Crippen MR) is 145 cm³/mol. The van der Waals surface area contributed by atoms with Crippen LogP contribution in [0, 0.1) is 0 Å². The van der Waals surface area contributed by atoms with Crippen LogP contribution < -0.4 is 19.5 Å². The standard InChI is InChI=1S/C27H27ClN4O4S/c1-3-34-22-13-7-20(8-14-22)29-26(33)18-37-27-31-30-25(17-36-24-11-5-19(28)6-12-24)32(27)21-9-15-23(16-10-21)35-4-2/h5-16H,3-4,17-18H2,1-2H3,(H,29,33). The van der Waals surface area contributed by atoms with Crippen LogP contribution in [0.25, 0.3) is 5.69 Å². The molecule has 1 aromatic heterocycles. The summed E-state index contributed by atoms with van der Waals surface area (Å²) in [5, 5.41) is 12.8. The van der Waals surface area contributed by atoms with Gasteiger partial charge in [-0.05, 0) is 86.6 Å². The number of nitrogens with one attached hydrogen (secondary N) is 1. The highest BCUT2D eigenvalue weighted by atomic mass is 35.5. The van der Waals surface area contributed by atoms with Crippen molar-refractivity contribution in [3.8, 4) is 22.9 Å². The third-order valence-corrected chi connectivity index (χ3v) is 6.25. The van der Waals surface area contributed by atoms with E-state index in [1.807, 2.05) is 66.9 Å². The topological polar surface area (TPSA) is 87.5 Å². The van der Waals surface area contributed by atoms with Gasteiger partial charge in [-0.2, -0.15) is 0 Å². The molecule has 1 heterocycles. The van der Waals surface area contributed by atoms with Gasteiger partial charge in [-0.15, -0.1) is 10.2 Å². The molecule has 192 valence electrons. The molecular weight excluding hydrogens is 512 g/mol. The van der Waals surface area contributed by atoms with Crippen molar-refractivity contribution in [1.29, 1.82) is 0 Å². The van der Waals surface area contributed by atoms with E-state index >= 15 is 0 Å². The molecule has 0 saturated carbocycles. The zero-order valence-corrected chi connectivity index (χ0v) is 22.1. The number of carbonyl (C=O) groups excluding carboxylic acids is 1. The maximum atomic E-state index is 12.6. The fraction of sp³-hybridized carbons (Fsp3) is 0.222. The first-order chi connectivity index (χ1) is 18.1. The van der Waals surface area contributed by atoms with E-state index in [0.717, 1.165) is 17.2 Å². The van der Waals surface area contributed by atoms with E-state index < -0.39 is 0 Å². The first-order valence-corrected chi connectivity index (χ1v) is 13.1. The smallest absolute Gasteiger partial charge is 0.234 e. The third-order valence-electron chi connectivity index (χ3n) is 5.07. The van der Waals surface area contributed by atoms with Crippen molar-refractivity contribution in [1.82, 2.24) is 14.8 Å². The highest BCUT2D eigenvalue weighted by Gasteiger charge is 2.17. The molecule has 0 radical (unpaired) electrons. The summed E-state index contributed by atoms with van der Waals surface area (Å²) < 4.78 is 18.8. The number of benzene rings is 3. The molecule has 0 aliphatic heterocycles. The normalized spacial score (nSPS) is 10.7. The van der Waals surface area contributed by atoms with Gasteiger partial charge in [0.15, 0.2) is 11.0 Å². The quantitative estimate of drug-likeness (QED) is 0.220. The van der Waals surface area contributed by atoms with Crippen molar-refractivity contribution in [3.63, 3.8) is 0 Å². The number of carbonyl (C=O) groups is 1. The second-order valence-corrected chi connectivity index (χ2v) is 9.08. The minimum atomic E-state index is -0.158. The van der Waals surface area contributed by atoms with Crippen LogP contribution in [-0.4, -0.2) is 39.6 Å². The summed E-state index contributed by atoms with van der Waals surface area (Å²) in [6, 6.07) is 22.0. The number of anilines is 1. The van der Waals surface area contributed by atoms with E-state index in [4.69, 9.17) is 25.8 Å². The van der Waals surface area contributed by atoms with Gasteiger partial charge in [0.25, 0.3) is 0 Å². The number of nitrogens with zero attached hydrogens (tertiary/aromatic N) is 3. The average molecular weight is 539 g/mol. The Kier molecular flexibility index (Phi) is 9.29. The van der Waals surface area contributed by atoms with Crippen molar-refractivity contribution in [2.45, 2.75) is 25.6 Å². The lowest BCUT2D eigenvalue weighted by Gasteiger charge is -2.12. The van der Waals surface area contributed by atoms with E-state index in [2.05, 4.69) is 15.5 Å². The van der Waals surface area contributed by atoms with Gasteiger partial charge < -0.3 is 19.5 Å². The molecule has 0 saturated heterocycles. The summed E-state index contributed by atoms with van der Waals surface area (Å²) in [6.45, 7) is 5.21. The monoisotopic (exact) mass is 538 g/mol. The van der Waals surface area contributed by atoms with Gasteiger partial charge in [-0.3, -0.25) is 9.36 Å². The van der Waals surface area contributed by atoms with E-state index in [0.29, 0.717) is 40.7 Å². The molecule has 3 aromatic carbocycles. The van der Waals surface area contributed by atoms with E-state index in [9.17, 15) is 4.79 Å². The average Bonchev–Trinajstić information content (AvgIpc) is 3.32. The van der Waals surface area contributed by atoms with Crippen molar-refractivity contribution >= 4 is 35.0 Å². The van der Waals surface area contributed by atoms with Crippen LogP contribution in [0.3, 0.4) is 0 Å². The van der Waals surface area contributed by atoms with Crippen LogP contribution in [0.2, 0.25) is 5.02 Å². The molecule has 10 heteroatoms. The first kappa shape index (κ1) is 26.4. The Balaban J connectivity index is 1.48. The Morgan fingerprint density at radius 1 is 0.838 bits per heavy atom. The largest absolute Gasteiger partial charge is 0.494 e. The molecule has 4 rings (SSSR count). The highest BCUT2D eigenvalue weighted by Crippen LogP contribution is 2.26. The molecular formula is C27H27ClN4O4S. The van der Waals surface area contributed by atoms with Crippen LogP contribution in [-0.2, 0) is 11.4 Å². The molecule has 4 aromatic rings. The summed E-state index contributed by atoms with van der Waals surface area (Å²) in [6.07, 6.45) is 0. The van der Waals surface area contributed by atoms with E-state index in [1.165, 1.54) is 11.8 Å². The number of amides is 1. The van der Waals surface area contributed by atoms with Gasteiger partial charge in [0.05, 0.1) is 19.0 Å². The Bertz CT molecular complexity index is 1300. The van der Waals surface area contributed by atoms with E-state index in [-0.39, 0.29) is 18.3 Å². The summed E-state index contributed by atoms with van der Waals surface area (Å²) in [5.74, 6) is 2.77. The SMILES string of the molecule is CCOc1ccc(NC(=O)CSc2nnc(COc3ccc(Cl)cc3)n2-c2ccc(OCC)cc2)cc1. The zero-order valence-electron chi connectivity index (χ0n) is 20.5. The van der Waals surface area contributed by atoms with Gasteiger partial charge in [0, 0.05) is 16.4 Å². The van der Waals surface area contributed by atoms with Crippen LogP contribution >= 0.6 is 23.4 Å². The lowest BCUT2D eigenvalue weighted by molar-refractivity contribution is -0.113. The Morgan fingerprint density at radius 3 is 2.03 bits per heavy atom. The summed E-state index contributed by atoms with van der Waals surface area (Å²) in [4.78, 5) is 12.6. The molecule has 8 nitrogen and oxygen atoms in total. The third kappa shape index (κ3) is 7.41. The molecule has 0 fully saturated rings. The molecule has 1 N–H and O–H groups in total. The molecule has 0 bridgehead atoms. The number of ether oxygens (including phenoxy) is 3. The number of rotatable bonds is 12. The van der Waals surface area contributed by atoms with Crippen molar-refractivity contribution < 1.29 is 19.0 Å². The Hall–Kier alpha value is -3.69. The number of hydrogen-bond donors (Lipinski definition) is 1. The molecule has 0 unspecified atom stereocenters. The minimum Gasteiger partial charge on any atom is -0.494 e. The molecule has 0 aliphatic carbocycles. The summed E-state index contributed by atoms with van der Waals surface area (Å²) >= 11 is 7.26. The number of hydrogen-bond acceptors (Lipinski definition) is 7. The predicted octanol–water partition coefficient (Wildman–Crippen LogP) is 6.03. The molecule has 1 amide bonds. The second kappa shape index (κ2) is 13.0. The molecule has 0 spiro atoms. The fourth-order valence-electron chi connectivity index (χ4n) is 3.41. The molecule has 0 atom stereocenters. The number of halogens is 1. The van der Waals surface area contributed by atoms with Crippen molar-refractivity contribution in [2.24, 2.45) is 0 Å². The van der Waals surface area contributed by atoms with Crippen LogP contribution in [0.15, 0.2) is 78.0 Å². The minimum absolute atomic E-state index is 0.153. The van der Waals surface area contributed by atoms with Gasteiger partial charge in [0.1, 0.15) is 23.9 Å². The summed E-state index contributed by atoms with van der Waals surface area (Å²) in [7, 11) is 0.